The highest BCUT2D eigenvalue weighted by molar-refractivity contribution is 7.38. The molecule has 0 heterocycles. The number of alkyl carbamates (subject to hydrolysis) is 1. The Kier molecular flexibility index (Phi) is 6.46. The minimum Gasteiger partial charge on any atom is -0.445 e. The van der Waals surface area contributed by atoms with Crippen molar-refractivity contribution >= 4 is 14.1 Å². The highest BCUT2D eigenvalue weighted by Crippen LogP contribution is 2.25. The van der Waals surface area contributed by atoms with E-state index in [1.54, 1.807) is 0 Å². The van der Waals surface area contributed by atoms with Crippen LogP contribution in [0.5, 0.6) is 0 Å². The first-order chi connectivity index (χ1) is 8.99. The lowest BCUT2D eigenvalue weighted by Crippen LogP contribution is -2.33. The molecule has 0 aliphatic heterocycles. The number of benzene rings is 1. The van der Waals surface area contributed by atoms with E-state index < -0.39 is 19.9 Å². The van der Waals surface area contributed by atoms with E-state index in [9.17, 15) is 9.36 Å². The Morgan fingerprint density at radius 3 is 2.53 bits per heavy atom. The number of ether oxygens (including phenoxy) is 1. The molecule has 1 rings (SSSR count). The Morgan fingerprint density at radius 2 is 2.00 bits per heavy atom. The number of rotatable bonds is 6. The van der Waals surface area contributed by atoms with Gasteiger partial charge in [0.1, 0.15) is 6.61 Å². The predicted molar refractivity (Wildman–Crippen MR) is 72.8 cm³/mol. The van der Waals surface area contributed by atoms with Crippen LogP contribution < -0.4 is 5.32 Å². The summed E-state index contributed by atoms with van der Waals surface area (Å²) >= 11 is 0. The molecule has 0 saturated heterocycles. The molecule has 1 aromatic rings. The summed E-state index contributed by atoms with van der Waals surface area (Å²) in [7, 11) is -2.46. The number of hydrogen-bond acceptors (Lipinski definition) is 3. The molecule has 0 saturated carbocycles. The van der Waals surface area contributed by atoms with Gasteiger partial charge in [0.15, 0.2) is 0 Å². The van der Waals surface area contributed by atoms with E-state index in [4.69, 9.17) is 9.63 Å². The van der Waals surface area contributed by atoms with Crippen LogP contribution in [0.3, 0.4) is 0 Å². The molecule has 0 radical (unpaired) electrons. The molecule has 19 heavy (non-hydrogen) atoms. The molecule has 0 aromatic heterocycles. The first-order valence-electron chi connectivity index (χ1n) is 6.11. The third kappa shape index (κ3) is 6.32. The van der Waals surface area contributed by atoms with E-state index in [2.05, 4.69) is 5.32 Å². The van der Waals surface area contributed by atoms with Crippen LogP contribution in [0.4, 0.5) is 4.79 Å². The third-order valence-electron chi connectivity index (χ3n) is 2.46. The zero-order valence-corrected chi connectivity index (χ0v) is 12.0. The van der Waals surface area contributed by atoms with Crippen LogP contribution in [0.2, 0.25) is 0 Å². The van der Waals surface area contributed by atoms with Crippen molar-refractivity contribution < 1.29 is 19.0 Å². The van der Waals surface area contributed by atoms with Gasteiger partial charge >= 0.3 is 14.1 Å². The average molecular weight is 284 g/mol. The van der Waals surface area contributed by atoms with E-state index in [0.717, 1.165) is 5.56 Å². The van der Waals surface area contributed by atoms with Crippen LogP contribution in [0, 0.1) is 5.92 Å². The molecule has 104 valence electrons. The van der Waals surface area contributed by atoms with Gasteiger partial charge in [0.25, 0.3) is 5.78 Å². The fraction of sp³-hybridized carbons (Fsp3) is 0.462. The van der Waals surface area contributed by atoms with Crippen molar-refractivity contribution in [3.8, 4) is 0 Å². The van der Waals surface area contributed by atoms with E-state index in [1.807, 2.05) is 44.2 Å². The Morgan fingerprint density at radius 1 is 1.37 bits per heavy atom. The molecular formula is C13H19NO4P+. The van der Waals surface area contributed by atoms with E-state index >= 15 is 0 Å². The first-order valence-corrected chi connectivity index (χ1v) is 7.39. The van der Waals surface area contributed by atoms with Crippen molar-refractivity contribution in [2.45, 2.75) is 32.7 Å². The third-order valence-corrected chi connectivity index (χ3v) is 3.33. The largest absolute Gasteiger partial charge is 0.530 e. The van der Waals surface area contributed by atoms with Crippen molar-refractivity contribution in [1.82, 2.24) is 5.32 Å². The van der Waals surface area contributed by atoms with Gasteiger partial charge in [-0.05, 0) is 16.0 Å². The topological polar surface area (TPSA) is 75.6 Å². The molecule has 1 amide bonds. The molecule has 2 atom stereocenters. The molecule has 0 aliphatic rings. The Balaban J connectivity index is 2.42. The van der Waals surface area contributed by atoms with Gasteiger partial charge in [-0.3, -0.25) is 5.32 Å². The molecule has 1 unspecified atom stereocenters. The van der Waals surface area contributed by atoms with Crippen LogP contribution in [0.15, 0.2) is 30.3 Å². The van der Waals surface area contributed by atoms with Crippen molar-refractivity contribution in [2.24, 2.45) is 5.92 Å². The summed E-state index contributed by atoms with van der Waals surface area (Å²) in [5.74, 6) is -0.552. The molecule has 6 heteroatoms. The van der Waals surface area contributed by atoms with Crippen molar-refractivity contribution in [3.05, 3.63) is 35.9 Å². The highest BCUT2D eigenvalue weighted by atomic mass is 31.1. The van der Waals surface area contributed by atoms with Crippen molar-refractivity contribution in [3.63, 3.8) is 0 Å². The van der Waals surface area contributed by atoms with Gasteiger partial charge in [-0.2, -0.15) is 4.89 Å². The molecule has 0 aliphatic carbocycles. The van der Waals surface area contributed by atoms with Gasteiger partial charge in [0, 0.05) is 6.42 Å². The Hall–Kier alpha value is -1.45. The normalized spacial score (nSPS) is 12.9. The molecule has 0 bridgehead atoms. The Labute approximate surface area is 113 Å². The number of hydrogen-bond donors (Lipinski definition) is 2. The number of carbonyl (C=O) groups is 1. The fourth-order valence-corrected chi connectivity index (χ4v) is 2.37. The SMILES string of the molecule is CC(C)C[C@H](NC(=O)OCc1ccccc1)[P+](=O)O. The number of nitrogens with one attached hydrogen (secondary N) is 1. The smallest absolute Gasteiger partial charge is 0.445 e. The monoisotopic (exact) mass is 284 g/mol. The average Bonchev–Trinajstić information content (AvgIpc) is 2.36. The molecule has 1 aromatic carbocycles. The standard InChI is InChI=1S/C13H18NO4P/c1-10(2)8-12(19(16)17)14-13(15)18-9-11-6-4-3-5-7-11/h3-7,10,12H,8-9H2,1-2H3,(H-,14,15,16,17)/p+1/t12-/m1/s1. The lowest BCUT2D eigenvalue weighted by Gasteiger charge is -2.10. The van der Waals surface area contributed by atoms with Crippen LogP contribution in [0.25, 0.3) is 0 Å². The maximum atomic E-state index is 11.5. The Bertz CT molecular complexity index is 422. The zero-order chi connectivity index (χ0) is 14.3. The second kappa shape index (κ2) is 7.87. The van der Waals surface area contributed by atoms with E-state index in [1.165, 1.54) is 0 Å². The van der Waals surface area contributed by atoms with Gasteiger partial charge in [-0.15, -0.1) is 0 Å². The zero-order valence-electron chi connectivity index (χ0n) is 11.1. The van der Waals surface area contributed by atoms with Gasteiger partial charge in [0.05, 0.1) is 0 Å². The molecule has 2 N–H and O–H groups in total. The van der Waals surface area contributed by atoms with Crippen molar-refractivity contribution in [1.29, 1.82) is 0 Å². The summed E-state index contributed by atoms with van der Waals surface area (Å²) in [5.41, 5.74) is 0.867. The van der Waals surface area contributed by atoms with Crippen LogP contribution in [0.1, 0.15) is 25.8 Å². The minimum absolute atomic E-state index is 0.142. The molecule has 0 spiro atoms. The predicted octanol–water partition coefficient (Wildman–Crippen LogP) is 3.02. The minimum atomic E-state index is -2.46. The lowest BCUT2D eigenvalue weighted by atomic mass is 10.1. The van der Waals surface area contributed by atoms with Gasteiger partial charge in [0.2, 0.25) is 0 Å². The van der Waals surface area contributed by atoms with Gasteiger partial charge in [-0.25, -0.2) is 4.79 Å². The first kappa shape index (κ1) is 15.6. The summed E-state index contributed by atoms with van der Waals surface area (Å²) < 4.78 is 16.1. The fourth-order valence-electron chi connectivity index (χ4n) is 1.55. The molecule has 0 fully saturated rings. The van der Waals surface area contributed by atoms with Gasteiger partial charge in [-0.1, -0.05) is 44.2 Å². The molecule has 5 nitrogen and oxygen atoms in total. The summed E-state index contributed by atoms with van der Waals surface area (Å²) in [6.45, 7) is 3.98. The highest BCUT2D eigenvalue weighted by Gasteiger charge is 2.31. The number of carbonyl (C=O) groups excluding carboxylic acids is 1. The second-order valence-corrected chi connectivity index (χ2v) is 5.88. The van der Waals surface area contributed by atoms with Crippen molar-refractivity contribution in [2.75, 3.05) is 0 Å². The summed E-state index contributed by atoms with van der Waals surface area (Å²) in [5, 5.41) is 2.42. The molecular weight excluding hydrogens is 265 g/mol. The van der Waals surface area contributed by atoms with Crippen LogP contribution in [-0.2, 0) is 15.9 Å². The van der Waals surface area contributed by atoms with E-state index in [-0.39, 0.29) is 12.5 Å². The van der Waals surface area contributed by atoms with E-state index in [0.29, 0.717) is 6.42 Å². The second-order valence-electron chi connectivity index (χ2n) is 4.65. The lowest BCUT2D eigenvalue weighted by molar-refractivity contribution is 0.137. The summed E-state index contributed by atoms with van der Waals surface area (Å²) in [6.07, 6.45) is -0.238. The van der Waals surface area contributed by atoms with Crippen LogP contribution >= 0.6 is 8.03 Å². The maximum absolute atomic E-state index is 11.5. The summed E-state index contributed by atoms with van der Waals surface area (Å²) in [6, 6.07) is 9.25. The maximum Gasteiger partial charge on any atom is 0.530 e. The van der Waals surface area contributed by atoms with Gasteiger partial charge < -0.3 is 4.74 Å². The quantitative estimate of drug-likeness (QED) is 0.787. The summed E-state index contributed by atoms with van der Waals surface area (Å²) in [4.78, 5) is 20.7. The van der Waals surface area contributed by atoms with Crippen LogP contribution in [-0.4, -0.2) is 16.8 Å². The number of amides is 1.